The lowest BCUT2D eigenvalue weighted by atomic mass is 10.4. The fraction of sp³-hybridized carbons (Fsp3) is 0. The standard InChI is InChI=1S/C12H12BO2P/c13-15-16(14,11-7-3-1-4-8-11)12-9-5-2-6-10-12/h1-10H,13H2. The Morgan fingerprint density at radius 2 is 1.19 bits per heavy atom. The van der Waals surface area contributed by atoms with Gasteiger partial charge in [0.25, 0.3) is 8.05 Å². The monoisotopic (exact) mass is 230 g/mol. The molecule has 0 saturated carbocycles. The molecule has 80 valence electrons. The highest BCUT2D eigenvalue weighted by molar-refractivity contribution is 7.75. The Labute approximate surface area is 96.2 Å². The van der Waals surface area contributed by atoms with Crippen molar-refractivity contribution in [3.8, 4) is 0 Å². The van der Waals surface area contributed by atoms with Gasteiger partial charge in [-0.25, -0.2) is 0 Å². The van der Waals surface area contributed by atoms with E-state index < -0.39 is 7.37 Å². The average molecular weight is 230 g/mol. The summed E-state index contributed by atoms with van der Waals surface area (Å²) in [4.78, 5) is 0. The van der Waals surface area contributed by atoms with E-state index in [0.717, 1.165) is 10.6 Å². The highest BCUT2D eigenvalue weighted by Crippen LogP contribution is 2.42. The minimum atomic E-state index is -2.90. The number of benzene rings is 2. The zero-order valence-electron chi connectivity index (χ0n) is 9.04. The minimum Gasteiger partial charge on any atom is -0.392 e. The summed E-state index contributed by atoms with van der Waals surface area (Å²) in [5.74, 6) is 0. The lowest BCUT2D eigenvalue weighted by Crippen LogP contribution is -2.17. The van der Waals surface area contributed by atoms with Gasteiger partial charge in [0, 0.05) is 10.6 Å². The summed E-state index contributed by atoms with van der Waals surface area (Å²) in [6.07, 6.45) is 0. The Bertz CT molecular complexity index is 455. The van der Waals surface area contributed by atoms with Gasteiger partial charge in [-0.15, -0.1) is 0 Å². The van der Waals surface area contributed by atoms with Crippen LogP contribution in [-0.2, 0) is 9.01 Å². The van der Waals surface area contributed by atoms with E-state index in [1.807, 2.05) is 60.7 Å². The second kappa shape index (κ2) is 4.69. The van der Waals surface area contributed by atoms with Gasteiger partial charge in [0.05, 0.1) is 0 Å². The van der Waals surface area contributed by atoms with Crippen LogP contribution in [0.1, 0.15) is 0 Å². The van der Waals surface area contributed by atoms with Crippen molar-refractivity contribution < 1.29 is 9.01 Å². The van der Waals surface area contributed by atoms with Crippen molar-refractivity contribution in [1.82, 2.24) is 0 Å². The average Bonchev–Trinajstić information content (AvgIpc) is 2.40. The molecule has 0 unspecified atom stereocenters. The van der Waals surface area contributed by atoms with Crippen LogP contribution >= 0.6 is 7.37 Å². The molecule has 2 nitrogen and oxygen atoms in total. The van der Waals surface area contributed by atoms with Crippen LogP contribution in [0.2, 0.25) is 0 Å². The van der Waals surface area contributed by atoms with Crippen molar-refractivity contribution in [2.24, 2.45) is 0 Å². The van der Waals surface area contributed by atoms with Gasteiger partial charge in [-0.2, -0.15) is 0 Å². The maximum Gasteiger partial charge on any atom is 0.267 e. The molecule has 16 heavy (non-hydrogen) atoms. The van der Waals surface area contributed by atoms with E-state index in [1.54, 1.807) is 0 Å². The van der Waals surface area contributed by atoms with Crippen LogP contribution in [0.4, 0.5) is 0 Å². The van der Waals surface area contributed by atoms with Gasteiger partial charge in [-0.3, -0.25) is 4.57 Å². The predicted octanol–water partition coefficient (Wildman–Crippen LogP) is 1.48. The third-order valence-corrected chi connectivity index (χ3v) is 4.92. The van der Waals surface area contributed by atoms with Crippen LogP contribution in [0, 0.1) is 0 Å². The summed E-state index contributed by atoms with van der Waals surface area (Å²) < 4.78 is 18.0. The van der Waals surface area contributed by atoms with Crippen LogP contribution in [0.15, 0.2) is 60.7 Å². The van der Waals surface area contributed by atoms with Gasteiger partial charge in [0.2, 0.25) is 7.37 Å². The molecule has 0 aliphatic carbocycles. The van der Waals surface area contributed by atoms with Gasteiger partial charge in [-0.05, 0) is 24.3 Å². The maximum absolute atomic E-state index is 12.8. The molecule has 0 heterocycles. The molecule has 0 amide bonds. The Balaban J connectivity index is 2.54. The Morgan fingerprint density at radius 3 is 1.50 bits per heavy atom. The highest BCUT2D eigenvalue weighted by Gasteiger charge is 2.25. The van der Waals surface area contributed by atoms with Crippen molar-refractivity contribution in [1.29, 1.82) is 0 Å². The predicted molar refractivity (Wildman–Crippen MR) is 69.4 cm³/mol. The topological polar surface area (TPSA) is 26.3 Å². The second-order valence-electron chi connectivity index (χ2n) is 3.41. The van der Waals surface area contributed by atoms with Gasteiger partial charge in [-0.1, -0.05) is 36.4 Å². The summed E-state index contributed by atoms with van der Waals surface area (Å²) in [5, 5.41) is 1.45. The molecule has 0 atom stereocenters. The molecule has 2 rings (SSSR count). The number of hydrogen-bond acceptors (Lipinski definition) is 2. The lowest BCUT2D eigenvalue weighted by molar-refractivity contribution is 0.523. The van der Waals surface area contributed by atoms with Crippen LogP contribution in [0.3, 0.4) is 0 Å². The maximum atomic E-state index is 12.8. The molecule has 0 bridgehead atoms. The van der Waals surface area contributed by atoms with E-state index in [-0.39, 0.29) is 0 Å². The van der Waals surface area contributed by atoms with Crippen molar-refractivity contribution in [3.05, 3.63) is 60.7 Å². The number of rotatable bonds is 3. The summed E-state index contributed by atoms with van der Waals surface area (Å²) in [6, 6.07) is 18.6. The first kappa shape index (κ1) is 11.2. The van der Waals surface area contributed by atoms with E-state index in [4.69, 9.17) is 4.44 Å². The summed E-state index contributed by atoms with van der Waals surface area (Å²) in [6.45, 7) is 0. The van der Waals surface area contributed by atoms with Crippen LogP contribution in [-0.4, -0.2) is 8.05 Å². The second-order valence-corrected chi connectivity index (χ2v) is 5.91. The summed E-state index contributed by atoms with van der Waals surface area (Å²) in [5.41, 5.74) is 0. The first-order valence-electron chi connectivity index (χ1n) is 5.04. The van der Waals surface area contributed by atoms with E-state index >= 15 is 0 Å². The fourth-order valence-corrected chi connectivity index (χ4v) is 3.46. The summed E-state index contributed by atoms with van der Waals surface area (Å²) in [7, 11) is -1.42. The molecule has 0 radical (unpaired) electrons. The third kappa shape index (κ3) is 1.97. The van der Waals surface area contributed by atoms with Crippen LogP contribution in [0.25, 0.3) is 0 Å². The van der Waals surface area contributed by atoms with Crippen molar-refractivity contribution in [2.45, 2.75) is 0 Å². The molecule has 0 aliphatic heterocycles. The molecule has 2 aromatic carbocycles. The van der Waals surface area contributed by atoms with E-state index in [0.29, 0.717) is 0 Å². The van der Waals surface area contributed by atoms with Crippen LogP contribution < -0.4 is 10.6 Å². The van der Waals surface area contributed by atoms with E-state index in [2.05, 4.69) is 0 Å². The molecular weight excluding hydrogens is 218 g/mol. The van der Waals surface area contributed by atoms with Crippen LogP contribution in [0.5, 0.6) is 0 Å². The molecule has 2 aromatic rings. The zero-order valence-corrected chi connectivity index (χ0v) is 9.93. The Hall–Kier alpha value is -1.31. The van der Waals surface area contributed by atoms with E-state index in [1.165, 1.54) is 8.05 Å². The summed E-state index contributed by atoms with van der Waals surface area (Å²) >= 11 is 0. The van der Waals surface area contributed by atoms with Crippen molar-refractivity contribution in [2.75, 3.05) is 0 Å². The molecular formula is C12H12BO2P. The highest BCUT2D eigenvalue weighted by atomic mass is 31.2. The Kier molecular flexibility index (Phi) is 3.28. The zero-order chi connectivity index (χ0) is 11.4. The van der Waals surface area contributed by atoms with E-state index in [9.17, 15) is 4.57 Å². The van der Waals surface area contributed by atoms with Gasteiger partial charge >= 0.3 is 0 Å². The molecule has 4 heteroatoms. The molecule has 0 N–H and O–H groups in total. The minimum absolute atomic E-state index is 0.726. The molecule has 0 fully saturated rings. The molecule has 0 saturated heterocycles. The molecule has 0 aromatic heterocycles. The smallest absolute Gasteiger partial charge is 0.267 e. The SMILES string of the molecule is BOP(=O)(c1ccccc1)c1ccccc1. The number of hydrogen-bond donors (Lipinski definition) is 0. The van der Waals surface area contributed by atoms with Crippen molar-refractivity contribution >= 4 is 26.0 Å². The third-order valence-electron chi connectivity index (χ3n) is 2.45. The van der Waals surface area contributed by atoms with Crippen molar-refractivity contribution in [3.63, 3.8) is 0 Å². The molecule has 0 spiro atoms. The largest absolute Gasteiger partial charge is 0.392 e. The van der Waals surface area contributed by atoms with Gasteiger partial charge < -0.3 is 4.44 Å². The van der Waals surface area contributed by atoms with Gasteiger partial charge in [0.15, 0.2) is 0 Å². The molecule has 0 aliphatic rings. The fourth-order valence-electron chi connectivity index (χ4n) is 1.61. The first-order chi connectivity index (χ1) is 7.77. The normalized spacial score (nSPS) is 11.2. The quantitative estimate of drug-likeness (QED) is 0.589. The lowest BCUT2D eigenvalue weighted by Gasteiger charge is -2.17. The van der Waals surface area contributed by atoms with Gasteiger partial charge in [0.1, 0.15) is 0 Å². The first-order valence-corrected chi connectivity index (χ1v) is 6.67. The Morgan fingerprint density at radius 1 is 0.812 bits per heavy atom.